The van der Waals surface area contributed by atoms with E-state index in [1.807, 2.05) is 13.0 Å². The van der Waals surface area contributed by atoms with E-state index in [-0.39, 0.29) is 5.56 Å². The van der Waals surface area contributed by atoms with Crippen LogP contribution in [0.2, 0.25) is 0 Å². The molecule has 0 fully saturated rings. The number of hydrogen-bond acceptors (Lipinski definition) is 5. The summed E-state index contributed by atoms with van der Waals surface area (Å²) < 4.78 is 7.66. The molecule has 0 aliphatic carbocycles. The molecule has 1 amide bonds. The molecule has 3 rings (SSSR count). The number of nitrogens with one attached hydrogen (secondary N) is 1. The molecule has 8 nitrogen and oxygen atoms in total. The summed E-state index contributed by atoms with van der Waals surface area (Å²) in [5.41, 5.74) is -0.437. The predicted molar refractivity (Wildman–Crippen MR) is 94.2 cm³/mol. The summed E-state index contributed by atoms with van der Waals surface area (Å²) >= 11 is 0. The highest BCUT2D eigenvalue weighted by Gasteiger charge is 2.23. The van der Waals surface area contributed by atoms with Crippen LogP contribution in [0, 0.1) is 11.3 Å². The van der Waals surface area contributed by atoms with Crippen LogP contribution in [-0.4, -0.2) is 21.6 Å². The average Bonchev–Trinajstić information content (AvgIpc) is 3.11. The minimum absolute atomic E-state index is 0.0652. The maximum atomic E-state index is 12.5. The first-order valence-corrected chi connectivity index (χ1v) is 8.35. The summed E-state index contributed by atoms with van der Waals surface area (Å²) in [6.45, 7) is 2.24. The number of carbonyl (C=O) groups excluding carboxylic acids is 1. The number of aromatic nitrogens is 2. The number of rotatable bonds is 5. The molecule has 1 aliphatic heterocycles. The van der Waals surface area contributed by atoms with Gasteiger partial charge in [-0.15, -0.1) is 0 Å². The third-order valence-electron chi connectivity index (χ3n) is 4.21. The quantitative estimate of drug-likeness (QED) is 0.857. The number of para-hydroxylation sites is 2. The van der Waals surface area contributed by atoms with Gasteiger partial charge in [0.25, 0.3) is 5.56 Å². The number of nitriles is 1. The maximum Gasteiger partial charge on any atom is 0.331 e. The Morgan fingerprint density at radius 3 is 2.85 bits per heavy atom. The molecule has 8 heteroatoms. The molecule has 1 aliphatic rings. The lowest BCUT2D eigenvalue weighted by molar-refractivity contribution is -0.116. The van der Waals surface area contributed by atoms with Crippen molar-refractivity contribution in [1.82, 2.24) is 9.13 Å². The molecule has 1 aromatic carbocycles. The number of benzene rings is 1. The van der Waals surface area contributed by atoms with Crippen molar-refractivity contribution >= 4 is 11.6 Å². The van der Waals surface area contributed by atoms with Crippen LogP contribution in [0.15, 0.2) is 33.9 Å². The van der Waals surface area contributed by atoms with Gasteiger partial charge in [-0.2, -0.15) is 5.26 Å². The van der Waals surface area contributed by atoms with Crippen LogP contribution in [-0.2, 0) is 24.3 Å². The molecular formula is C18H18N4O4. The second kappa shape index (κ2) is 7.27. The molecule has 0 radical (unpaired) electrons. The van der Waals surface area contributed by atoms with Gasteiger partial charge >= 0.3 is 5.69 Å². The normalized spacial score (nSPS) is 12.3. The molecule has 0 saturated carbocycles. The van der Waals surface area contributed by atoms with E-state index in [2.05, 4.69) is 5.32 Å². The van der Waals surface area contributed by atoms with Crippen molar-refractivity contribution in [1.29, 1.82) is 5.26 Å². The Balaban J connectivity index is 1.91. The van der Waals surface area contributed by atoms with Gasteiger partial charge in [0, 0.05) is 12.2 Å². The molecule has 0 unspecified atom stereocenters. The van der Waals surface area contributed by atoms with Crippen LogP contribution in [0.4, 0.5) is 5.69 Å². The van der Waals surface area contributed by atoms with Gasteiger partial charge in [0.1, 0.15) is 23.9 Å². The number of carbonyl (C=O) groups is 1. The Kier molecular flexibility index (Phi) is 4.89. The Morgan fingerprint density at radius 1 is 1.35 bits per heavy atom. The number of ether oxygens (including phenoxy) is 1. The van der Waals surface area contributed by atoms with Crippen molar-refractivity contribution in [3.63, 3.8) is 0 Å². The maximum absolute atomic E-state index is 12.5. The van der Waals surface area contributed by atoms with Gasteiger partial charge in [0.05, 0.1) is 12.3 Å². The van der Waals surface area contributed by atoms with Gasteiger partial charge in [0.15, 0.2) is 0 Å². The van der Waals surface area contributed by atoms with E-state index >= 15 is 0 Å². The third kappa shape index (κ3) is 3.11. The standard InChI is InChI=1S/C18H18N4O4/c1-2-26-15-8-4-3-6-13(15)20-16(23)11-22-17(24)12(10-19)14-7-5-9-21(14)18(22)25/h3-4,6,8H,2,5,7,9,11H2,1H3,(H,20,23). The number of fused-ring (bicyclic) bond motifs is 1. The number of amides is 1. The topological polar surface area (TPSA) is 106 Å². The molecule has 2 heterocycles. The molecular weight excluding hydrogens is 336 g/mol. The van der Waals surface area contributed by atoms with Gasteiger partial charge in [-0.3, -0.25) is 14.2 Å². The van der Waals surface area contributed by atoms with Gasteiger partial charge in [-0.1, -0.05) is 12.1 Å². The van der Waals surface area contributed by atoms with Crippen molar-refractivity contribution in [3.8, 4) is 11.8 Å². The van der Waals surface area contributed by atoms with E-state index < -0.39 is 23.7 Å². The van der Waals surface area contributed by atoms with Gasteiger partial charge < -0.3 is 10.1 Å². The molecule has 0 spiro atoms. The highest BCUT2D eigenvalue weighted by atomic mass is 16.5. The van der Waals surface area contributed by atoms with E-state index in [4.69, 9.17) is 4.74 Å². The molecule has 0 bridgehead atoms. The Labute approximate surface area is 149 Å². The van der Waals surface area contributed by atoms with Crippen molar-refractivity contribution in [2.24, 2.45) is 0 Å². The molecule has 1 N–H and O–H groups in total. The Bertz CT molecular complexity index is 1010. The fourth-order valence-electron chi connectivity index (χ4n) is 3.07. The van der Waals surface area contributed by atoms with Crippen LogP contribution >= 0.6 is 0 Å². The van der Waals surface area contributed by atoms with E-state index in [1.165, 1.54) is 4.57 Å². The van der Waals surface area contributed by atoms with Crippen LogP contribution in [0.25, 0.3) is 0 Å². The summed E-state index contributed by atoms with van der Waals surface area (Å²) in [7, 11) is 0. The lowest BCUT2D eigenvalue weighted by Gasteiger charge is -2.13. The Morgan fingerprint density at radius 2 is 2.12 bits per heavy atom. The second-order valence-corrected chi connectivity index (χ2v) is 5.84. The molecule has 1 aromatic heterocycles. The summed E-state index contributed by atoms with van der Waals surface area (Å²) in [5, 5.41) is 11.9. The highest BCUT2D eigenvalue weighted by Crippen LogP contribution is 2.23. The van der Waals surface area contributed by atoms with Crippen LogP contribution in [0.3, 0.4) is 0 Å². The van der Waals surface area contributed by atoms with Crippen LogP contribution < -0.4 is 21.3 Å². The number of hydrogen-bond donors (Lipinski definition) is 1. The smallest absolute Gasteiger partial charge is 0.331 e. The summed E-state index contributed by atoms with van der Waals surface area (Å²) in [5.74, 6) is -0.0436. The molecule has 0 atom stereocenters. The summed E-state index contributed by atoms with van der Waals surface area (Å²) in [6, 6.07) is 8.76. The lowest BCUT2D eigenvalue weighted by atomic mass is 10.2. The first kappa shape index (κ1) is 17.5. The monoisotopic (exact) mass is 354 g/mol. The third-order valence-corrected chi connectivity index (χ3v) is 4.21. The van der Waals surface area contributed by atoms with Gasteiger partial charge in [0.2, 0.25) is 5.91 Å². The Hall–Kier alpha value is -3.34. The van der Waals surface area contributed by atoms with Gasteiger partial charge in [-0.05, 0) is 31.9 Å². The van der Waals surface area contributed by atoms with Crippen molar-refractivity contribution < 1.29 is 9.53 Å². The number of nitrogens with zero attached hydrogens (tertiary/aromatic N) is 3. The van der Waals surface area contributed by atoms with Crippen molar-refractivity contribution in [2.75, 3.05) is 11.9 Å². The number of anilines is 1. The second-order valence-electron chi connectivity index (χ2n) is 5.84. The van der Waals surface area contributed by atoms with E-state index in [9.17, 15) is 19.6 Å². The zero-order valence-corrected chi connectivity index (χ0v) is 14.3. The van der Waals surface area contributed by atoms with E-state index in [1.54, 1.807) is 24.3 Å². The highest BCUT2D eigenvalue weighted by molar-refractivity contribution is 5.92. The lowest BCUT2D eigenvalue weighted by Crippen LogP contribution is -2.44. The molecule has 134 valence electrons. The largest absolute Gasteiger partial charge is 0.492 e. The average molecular weight is 354 g/mol. The van der Waals surface area contributed by atoms with Crippen LogP contribution in [0.1, 0.15) is 24.6 Å². The molecule has 2 aromatic rings. The van der Waals surface area contributed by atoms with Crippen molar-refractivity contribution in [3.05, 3.63) is 56.4 Å². The summed E-state index contributed by atoms with van der Waals surface area (Å²) in [4.78, 5) is 37.4. The molecule has 26 heavy (non-hydrogen) atoms. The fourth-order valence-corrected chi connectivity index (χ4v) is 3.07. The minimum Gasteiger partial charge on any atom is -0.492 e. The zero-order valence-electron chi connectivity index (χ0n) is 14.3. The van der Waals surface area contributed by atoms with Gasteiger partial charge in [-0.25, -0.2) is 9.36 Å². The van der Waals surface area contributed by atoms with E-state index in [0.29, 0.717) is 43.1 Å². The first-order valence-electron chi connectivity index (χ1n) is 8.35. The van der Waals surface area contributed by atoms with Crippen LogP contribution in [0.5, 0.6) is 5.75 Å². The summed E-state index contributed by atoms with van der Waals surface area (Å²) in [6.07, 6.45) is 1.21. The minimum atomic E-state index is -0.723. The first-order chi connectivity index (χ1) is 12.6. The predicted octanol–water partition coefficient (Wildman–Crippen LogP) is 0.865. The van der Waals surface area contributed by atoms with E-state index in [0.717, 1.165) is 4.57 Å². The SMILES string of the molecule is CCOc1ccccc1NC(=O)Cn1c(=O)c(C#N)c2n(c1=O)CCC2. The van der Waals surface area contributed by atoms with Crippen molar-refractivity contribution in [2.45, 2.75) is 32.9 Å². The zero-order chi connectivity index (χ0) is 18.7. The fraction of sp³-hybridized carbons (Fsp3) is 0.333. The molecule has 0 saturated heterocycles.